The fourth-order valence-corrected chi connectivity index (χ4v) is 4.02. The van der Waals surface area contributed by atoms with Gasteiger partial charge in [0.15, 0.2) is 5.13 Å². The Hall–Kier alpha value is -3.39. The summed E-state index contributed by atoms with van der Waals surface area (Å²) in [6.45, 7) is 4.08. The van der Waals surface area contributed by atoms with E-state index in [1.165, 1.54) is 11.3 Å². The molecule has 0 saturated heterocycles. The van der Waals surface area contributed by atoms with Crippen molar-refractivity contribution >= 4 is 28.0 Å². The number of imidazole rings is 1. The Morgan fingerprint density at radius 1 is 1.17 bits per heavy atom. The first-order chi connectivity index (χ1) is 14.5. The van der Waals surface area contributed by atoms with Gasteiger partial charge in [0.05, 0.1) is 31.2 Å². The van der Waals surface area contributed by atoms with Gasteiger partial charge in [-0.1, -0.05) is 6.92 Å². The van der Waals surface area contributed by atoms with Crippen LogP contribution in [0.2, 0.25) is 0 Å². The third-order valence-electron chi connectivity index (χ3n) is 4.96. The number of benzene rings is 1. The summed E-state index contributed by atoms with van der Waals surface area (Å²) in [4.78, 5) is 21.9. The molecule has 0 aliphatic heterocycles. The molecule has 4 rings (SSSR count). The number of hydrogen-bond donors (Lipinski definition) is 1. The van der Waals surface area contributed by atoms with E-state index in [9.17, 15) is 4.79 Å². The smallest absolute Gasteiger partial charge is 0.258 e. The highest BCUT2D eigenvalue weighted by Crippen LogP contribution is 2.35. The number of carbonyl (C=O) groups excluding carboxylic acids is 1. The van der Waals surface area contributed by atoms with Gasteiger partial charge in [-0.05, 0) is 43.7 Å². The number of amides is 1. The highest BCUT2D eigenvalue weighted by molar-refractivity contribution is 7.14. The minimum atomic E-state index is -0.221. The molecule has 154 valence electrons. The molecule has 0 aliphatic rings. The molecule has 1 N–H and O–H groups in total. The Bertz CT molecular complexity index is 1230. The second-order valence-corrected chi connectivity index (χ2v) is 7.56. The zero-order valence-electron chi connectivity index (χ0n) is 17.2. The maximum Gasteiger partial charge on any atom is 0.258 e. The fraction of sp³-hybridized carbons (Fsp3) is 0.227. The molecule has 8 heteroatoms. The molecular formula is C22H22N4O3S. The molecule has 0 saturated carbocycles. The lowest BCUT2D eigenvalue weighted by molar-refractivity contribution is 0.102. The highest BCUT2D eigenvalue weighted by atomic mass is 32.1. The quantitative estimate of drug-likeness (QED) is 0.491. The maximum atomic E-state index is 12.8. The van der Waals surface area contributed by atoms with Gasteiger partial charge >= 0.3 is 0 Å². The predicted molar refractivity (Wildman–Crippen MR) is 118 cm³/mol. The number of anilines is 1. The summed E-state index contributed by atoms with van der Waals surface area (Å²) in [6, 6.07) is 9.15. The topological polar surface area (TPSA) is 77.8 Å². The van der Waals surface area contributed by atoms with E-state index in [1.807, 2.05) is 47.2 Å². The van der Waals surface area contributed by atoms with Crippen LogP contribution in [0, 0.1) is 6.92 Å². The molecule has 1 amide bonds. The lowest BCUT2D eigenvalue weighted by Crippen LogP contribution is -2.12. The standard InChI is InChI=1S/C22H22N4O3S/c1-5-17-13(2)26-11-14(6-9-20(26)23-17)21(27)25-22-24-18(12-30-22)16-10-15(28-3)7-8-19(16)29-4/h6-12H,5H2,1-4H3,(H,24,25,27). The van der Waals surface area contributed by atoms with Gasteiger partial charge in [-0.3, -0.25) is 10.1 Å². The summed E-state index contributed by atoms with van der Waals surface area (Å²) in [7, 11) is 3.22. The van der Waals surface area contributed by atoms with Gasteiger partial charge in [-0.2, -0.15) is 0 Å². The van der Waals surface area contributed by atoms with Gasteiger partial charge in [-0.25, -0.2) is 9.97 Å². The van der Waals surface area contributed by atoms with Crippen LogP contribution < -0.4 is 14.8 Å². The molecule has 3 aromatic heterocycles. The van der Waals surface area contributed by atoms with Crippen LogP contribution in [0.15, 0.2) is 41.9 Å². The van der Waals surface area contributed by atoms with Crippen LogP contribution in [-0.2, 0) is 6.42 Å². The summed E-state index contributed by atoms with van der Waals surface area (Å²) >= 11 is 1.36. The number of pyridine rings is 1. The van der Waals surface area contributed by atoms with Crippen molar-refractivity contribution in [3.8, 4) is 22.8 Å². The SMILES string of the molecule is CCc1nc2ccc(C(=O)Nc3nc(-c4cc(OC)ccc4OC)cs3)cn2c1C. The van der Waals surface area contributed by atoms with Crippen molar-refractivity contribution in [2.24, 2.45) is 0 Å². The van der Waals surface area contributed by atoms with Crippen molar-refractivity contribution in [2.45, 2.75) is 20.3 Å². The highest BCUT2D eigenvalue weighted by Gasteiger charge is 2.15. The molecule has 30 heavy (non-hydrogen) atoms. The molecule has 1 aromatic carbocycles. The lowest BCUT2D eigenvalue weighted by Gasteiger charge is -2.08. The number of methoxy groups -OCH3 is 2. The van der Waals surface area contributed by atoms with Gasteiger partial charge in [0, 0.05) is 22.8 Å². The number of hydrogen-bond acceptors (Lipinski definition) is 6. The van der Waals surface area contributed by atoms with E-state index in [0.29, 0.717) is 27.9 Å². The van der Waals surface area contributed by atoms with Crippen molar-refractivity contribution in [1.82, 2.24) is 14.4 Å². The molecule has 0 radical (unpaired) electrons. The van der Waals surface area contributed by atoms with E-state index < -0.39 is 0 Å². The van der Waals surface area contributed by atoms with E-state index in [0.717, 1.165) is 29.0 Å². The minimum absolute atomic E-state index is 0.221. The fourth-order valence-electron chi connectivity index (χ4n) is 3.32. The summed E-state index contributed by atoms with van der Waals surface area (Å²) in [5.41, 5.74) is 4.97. The molecule has 0 spiro atoms. The average Bonchev–Trinajstić information content (AvgIpc) is 3.37. The van der Waals surface area contributed by atoms with Crippen LogP contribution in [0.25, 0.3) is 16.9 Å². The molecule has 0 aliphatic carbocycles. The van der Waals surface area contributed by atoms with Crippen molar-refractivity contribution in [3.63, 3.8) is 0 Å². The van der Waals surface area contributed by atoms with Crippen LogP contribution in [0.5, 0.6) is 11.5 Å². The van der Waals surface area contributed by atoms with E-state index in [-0.39, 0.29) is 5.91 Å². The van der Waals surface area contributed by atoms with Crippen molar-refractivity contribution in [1.29, 1.82) is 0 Å². The first kappa shape index (κ1) is 19.9. The molecule has 0 fully saturated rings. The molecule has 0 bridgehead atoms. The number of nitrogens with zero attached hydrogens (tertiary/aromatic N) is 3. The van der Waals surface area contributed by atoms with Crippen LogP contribution >= 0.6 is 11.3 Å². The third-order valence-corrected chi connectivity index (χ3v) is 5.72. The number of nitrogens with one attached hydrogen (secondary N) is 1. The van der Waals surface area contributed by atoms with E-state index in [4.69, 9.17) is 9.47 Å². The van der Waals surface area contributed by atoms with Gasteiger partial charge in [0.2, 0.25) is 0 Å². The summed E-state index contributed by atoms with van der Waals surface area (Å²) in [5, 5.41) is 5.27. The van der Waals surface area contributed by atoms with Gasteiger partial charge < -0.3 is 13.9 Å². The monoisotopic (exact) mass is 422 g/mol. The minimum Gasteiger partial charge on any atom is -0.497 e. The Kier molecular flexibility index (Phi) is 5.41. The average molecular weight is 423 g/mol. The molecule has 7 nitrogen and oxygen atoms in total. The van der Waals surface area contributed by atoms with Gasteiger partial charge in [0.1, 0.15) is 17.1 Å². The summed E-state index contributed by atoms with van der Waals surface area (Å²) in [5.74, 6) is 1.17. The normalized spacial score (nSPS) is 10.9. The number of rotatable bonds is 6. The Morgan fingerprint density at radius 2 is 2.00 bits per heavy atom. The lowest BCUT2D eigenvalue weighted by atomic mass is 10.1. The van der Waals surface area contributed by atoms with Crippen molar-refractivity contribution in [3.05, 3.63) is 58.9 Å². The van der Waals surface area contributed by atoms with Crippen molar-refractivity contribution in [2.75, 3.05) is 19.5 Å². The number of aryl methyl sites for hydroxylation is 2. The van der Waals surface area contributed by atoms with E-state index in [1.54, 1.807) is 20.3 Å². The largest absolute Gasteiger partial charge is 0.497 e. The Labute approximate surface area is 178 Å². The number of carbonyl (C=O) groups is 1. The van der Waals surface area contributed by atoms with Gasteiger partial charge in [0.25, 0.3) is 5.91 Å². The molecule has 0 unspecified atom stereocenters. The third kappa shape index (κ3) is 3.61. The molecule has 0 atom stereocenters. The predicted octanol–water partition coefficient (Wildman–Crippen LogP) is 4.60. The zero-order chi connectivity index (χ0) is 21.3. The maximum absolute atomic E-state index is 12.8. The first-order valence-electron chi connectivity index (χ1n) is 9.51. The molecule has 3 heterocycles. The molecule has 4 aromatic rings. The number of aromatic nitrogens is 3. The first-order valence-corrected chi connectivity index (χ1v) is 10.4. The summed E-state index contributed by atoms with van der Waals surface area (Å²) in [6.07, 6.45) is 2.66. The zero-order valence-corrected chi connectivity index (χ0v) is 18.0. The number of thiazole rings is 1. The number of ether oxygens (including phenoxy) is 2. The second-order valence-electron chi connectivity index (χ2n) is 6.70. The van der Waals surface area contributed by atoms with Crippen LogP contribution in [-0.4, -0.2) is 34.5 Å². The van der Waals surface area contributed by atoms with Crippen molar-refractivity contribution < 1.29 is 14.3 Å². The Morgan fingerprint density at radius 3 is 2.73 bits per heavy atom. The summed E-state index contributed by atoms with van der Waals surface area (Å²) < 4.78 is 12.7. The molecular weight excluding hydrogens is 400 g/mol. The van der Waals surface area contributed by atoms with Gasteiger partial charge in [-0.15, -0.1) is 11.3 Å². The Balaban J connectivity index is 1.59. The van der Waals surface area contributed by atoms with Crippen LogP contribution in [0.3, 0.4) is 0 Å². The van der Waals surface area contributed by atoms with E-state index >= 15 is 0 Å². The van der Waals surface area contributed by atoms with Crippen LogP contribution in [0.4, 0.5) is 5.13 Å². The van der Waals surface area contributed by atoms with Crippen LogP contribution in [0.1, 0.15) is 28.7 Å². The number of fused-ring (bicyclic) bond motifs is 1. The van der Waals surface area contributed by atoms with E-state index in [2.05, 4.69) is 22.2 Å². The second kappa shape index (κ2) is 8.16.